The standard InChI is InChI=1S/C21H26N2O2/c1-16-7-8-17(15-22-16)14-21(24)23-13-5-3-4-6-20(23)18-9-11-19(25-2)12-10-18/h7-12,15,20H,3-6,13-14H2,1-2H3. The fraction of sp³-hybridized carbons (Fsp3) is 0.429. The number of carbonyl (C=O) groups is 1. The van der Waals surface area contributed by atoms with E-state index in [1.165, 1.54) is 12.0 Å². The molecule has 132 valence electrons. The minimum atomic E-state index is 0.152. The van der Waals surface area contributed by atoms with Crippen molar-refractivity contribution in [3.05, 3.63) is 59.4 Å². The van der Waals surface area contributed by atoms with Gasteiger partial charge in [-0.25, -0.2) is 0 Å². The third kappa shape index (κ3) is 4.38. The summed E-state index contributed by atoms with van der Waals surface area (Å²) in [5.74, 6) is 1.04. The van der Waals surface area contributed by atoms with Crippen LogP contribution in [0.5, 0.6) is 5.75 Å². The van der Waals surface area contributed by atoms with Gasteiger partial charge in [0.1, 0.15) is 5.75 Å². The first-order chi connectivity index (χ1) is 12.2. The van der Waals surface area contributed by atoms with Crippen LogP contribution in [0.25, 0.3) is 0 Å². The lowest BCUT2D eigenvalue weighted by Crippen LogP contribution is -2.35. The molecule has 1 atom stereocenters. The molecule has 1 saturated heterocycles. The molecule has 1 amide bonds. The predicted octanol–water partition coefficient (Wildman–Crippen LogP) is 4.09. The van der Waals surface area contributed by atoms with Crippen LogP contribution < -0.4 is 4.74 Å². The van der Waals surface area contributed by atoms with E-state index >= 15 is 0 Å². The number of aromatic nitrogens is 1. The molecule has 2 heterocycles. The number of methoxy groups -OCH3 is 1. The number of rotatable bonds is 4. The van der Waals surface area contributed by atoms with Crippen LogP contribution in [0.2, 0.25) is 0 Å². The van der Waals surface area contributed by atoms with Crippen LogP contribution in [-0.4, -0.2) is 29.4 Å². The molecule has 25 heavy (non-hydrogen) atoms. The van der Waals surface area contributed by atoms with E-state index in [0.717, 1.165) is 42.8 Å². The second-order valence-corrected chi connectivity index (χ2v) is 6.71. The fourth-order valence-electron chi connectivity index (χ4n) is 3.46. The quantitative estimate of drug-likeness (QED) is 0.843. The molecule has 4 nitrogen and oxygen atoms in total. The minimum Gasteiger partial charge on any atom is -0.497 e. The van der Waals surface area contributed by atoms with E-state index < -0.39 is 0 Å². The van der Waals surface area contributed by atoms with Gasteiger partial charge in [0.05, 0.1) is 19.6 Å². The van der Waals surface area contributed by atoms with Gasteiger partial charge < -0.3 is 9.64 Å². The number of aryl methyl sites for hydroxylation is 1. The van der Waals surface area contributed by atoms with Crippen molar-refractivity contribution in [1.29, 1.82) is 0 Å². The first-order valence-corrected chi connectivity index (χ1v) is 9.02. The zero-order chi connectivity index (χ0) is 17.6. The van der Waals surface area contributed by atoms with Crippen molar-refractivity contribution < 1.29 is 9.53 Å². The molecule has 0 spiro atoms. The molecule has 1 unspecified atom stereocenters. The van der Waals surface area contributed by atoms with Gasteiger partial charge in [0.25, 0.3) is 0 Å². The summed E-state index contributed by atoms with van der Waals surface area (Å²) in [6, 6.07) is 12.2. The number of carbonyl (C=O) groups excluding carboxylic acids is 1. The predicted molar refractivity (Wildman–Crippen MR) is 98.6 cm³/mol. The van der Waals surface area contributed by atoms with E-state index in [0.29, 0.717) is 6.42 Å². The Morgan fingerprint density at radius 2 is 1.96 bits per heavy atom. The van der Waals surface area contributed by atoms with Gasteiger partial charge in [-0.15, -0.1) is 0 Å². The van der Waals surface area contributed by atoms with Crippen molar-refractivity contribution in [2.45, 2.75) is 45.1 Å². The summed E-state index contributed by atoms with van der Waals surface area (Å²) in [7, 11) is 1.67. The summed E-state index contributed by atoms with van der Waals surface area (Å²) in [5.41, 5.74) is 3.15. The topological polar surface area (TPSA) is 42.4 Å². The zero-order valence-corrected chi connectivity index (χ0v) is 15.1. The highest BCUT2D eigenvalue weighted by molar-refractivity contribution is 5.79. The Balaban J connectivity index is 1.79. The van der Waals surface area contributed by atoms with Gasteiger partial charge in [0.2, 0.25) is 5.91 Å². The van der Waals surface area contributed by atoms with E-state index in [1.54, 1.807) is 7.11 Å². The van der Waals surface area contributed by atoms with E-state index in [1.807, 2.05) is 37.4 Å². The summed E-state index contributed by atoms with van der Waals surface area (Å²) in [5, 5.41) is 0. The van der Waals surface area contributed by atoms with Gasteiger partial charge in [-0.1, -0.05) is 31.0 Å². The van der Waals surface area contributed by atoms with E-state index in [9.17, 15) is 4.79 Å². The summed E-state index contributed by atoms with van der Waals surface area (Å²) in [6.07, 6.45) is 6.66. The van der Waals surface area contributed by atoms with Gasteiger partial charge in [0, 0.05) is 18.4 Å². The molecular weight excluding hydrogens is 312 g/mol. The molecule has 1 aliphatic rings. The summed E-state index contributed by atoms with van der Waals surface area (Å²) < 4.78 is 5.26. The van der Waals surface area contributed by atoms with Crippen LogP contribution in [0.1, 0.15) is 48.5 Å². The van der Waals surface area contributed by atoms with Crippen LogP contribution in [0.15, 0.2) is 42.6 Å². The van der Waals surface area contributed by atoms with E-state index in [4.69, 9.17) is 4.74 Å². The van der Waals surface area contributed by atoms with Crippen LogP contribution >= 0.6 is 0 Å². The van der Waals surface area contributed by atoms with Crippen molar-refractivity contribution >= 4 is 5.91 Å². The fourth-order valence-corrected chi connectivity index (χ4v) is 3.46. The first-order valence-electron chi connectivity index (χ1n) is 9.02. The zero-order valence-electron chi connectivity index (χ0n) is 15.1. The molecule has 3 rings (SSSR count). The highest BCUT2D eigenvalue weighted by atomic mass is 16.5. The monoisotopic (exact) mass is 338 g/mol. The molecule has 0 bridgehead atoms. The van der Waals surface area contributed by atoms with Gasteiger partial charge >= 0.3 is 0 Å². The van der Waals surface area contributed by atoms with Crippen molar-refractivity contribution in [1.82, 2.24) is 9.88 Å². The van der Waals surface area contributed by atoms with Gasteiger partial charge in [0.15, 0.2) is 0 Å². The third-order valence-corrected chi connectivity index (χ3v) is 4.90. The average molecular weight is 338 g/mol. The number of nitrogens with zero attached hydrogens (tertiary/aromatic N) is 2. The van der Waals surface area contributed by atoms with Crippen LogP contribution in [0.4, 0.5) is 0 Å². The summed E-state index contributed by atoms with van der Waals surface area (Å²) in [4.78, 5) is 19.4. The smallest absolute Gasteiger partial charge is 0.227 e. The van der Waals surface area contributed by atoms with Crippen molar-refractivity contribution in [3.8, 4) is 5.75 Å². The Labute approximate surface area is 149 Å². The van der Waals surface area contributed by atoms with Gasteiger partial charge in [-0.3, -0.25) is 9.78 Å². The number of hydrogen-bond donors (Lipinski definition) is 0. The average Bonchev–Trinajstić information content (AvgIpc) is 2.90. The molecule has 0 N–H and O–H groups in total. The van der Waals surface area contributed by atoms with Crippen molar-refractivity contribution in [2.24, 2.45) is 0 Å². The van der Waals surface area contributed by atoms with Crippen LogP contribution in [0.3, 0.4) is 0 Å². The van der Waals surface area contributed by atoms with Crippen molar-refractivity contribution in [3.63, 3.8) is 0 Å². The SMILES string of the molecule is COc1ccc(C2CCCCCN2C(=O)Cc2ccc(C)nc2)cc1. The Bertz CT molecular complexity index is 695. The number of pyridine rings is 1. The molecule has 2 aromatic rings. The number of benzene rings is 1. The third-order valence-electron chi connectivity index (χ3n) is 4.90. The number of likely N-dealkylation sites (tertiary alicyclic amines) is 1. The highest BCUT2D eigenvalue weighted by Gasteiger charge is 2.26. The first kappa shape index (κ1) is 17.5. The molecule has 1 aromatic carbocycles. The lowest BCUT2D eigenvalue weighted by Gasteiger charge is -2.31. The van der Waals surface area contributed by atoms with Crippen molar-refractivity contribution in [2.75, 3.05) is 13.7 Å². The Kier molecular flexibility index (Phi) is 5.69. The van der Waals surface area contributed by atoms with Crippen LogP contribution in [0, 0.1) is 6.92 Å². The normalized spacial score (nSPS) is 17.8. The molecule has 0 aliphatic carbocycles. The molecule has 1 aromatic heterocycles. The van der Waals surface area contributed by atoms with E-state index in [-0.39, 0.29) is 11.9 Å². The maximum Gasteiger partial charge on any atom is 0.227 e. The number of amides is 1. The maximum atomic E-state index is 13.0. The maximum absolute atomic E-state index is 13.0. The number of ether oxygens (including phenoxy) is 1. The summed E-state index contributed by atoms with van der Waals surface area (Å²) in [6.45, 7) is 2.79. The second kappa shape index (κ2) is 8.15. The Morgan fingerprint density at radius 3 is 2.64 bits per heavy atom. The molecule has 1 fully saturated rings. The Morgan fingerprint density at radius 1 is 1.16 bits per heavy atom. The van der Waals surface area contributed by atoms with Gasteiger partial charge in [-0.05, 0) is 49.1 Å². The molecule has 0 radical (unpaired) electrons. The molecule has 1 aliphatic heterocycles. The lowest BCUT2D eigenvalue weighted by molar-refractivity contribution is -0.132. The van der Waals surface area contributed by atoms with E-state index in [2.05, 4.69) is 22.0 Å². The molecule has 4 heteroatoms. The number of hydrogen-bond acceptors (Lipinski definition) is 3. The minimum absolute atomic E-state index is 0.152. The largest absolute Gasteiger partial charge is 0.497 e. The lowest BCUT2D eigenvalue weighted by atomic mass is 10.00. The second-order valence-electron chi connectivity index (χ2n) is 6.71. The molecule has 0 saturated carbocycles. The van der Waals surface area contributed by atoms with Gasteiger partial charge in [-0.2, -0.15) is 0 Å². The highest BCUT2D eigenvalue weighted by Crippen LogP contribution is 2.31. The summed E-state index contributed by atoms with van der Waals surface area (Å²) >= 11 is 0. The molecular formula is C21H26N2O2. The Hall–Kier alpha value is -2.36. The van der Waals surface area contributed by atoms with Crippen LogP contribution in [-0.2, 0) is 11.2 Å².